The molecule has 0 amide bonds. The first kappa shape index (κ1) is 8.93. The highest BCUT2D eigenvalue weighted by Gasteiger charge is 2.28. The van der Waals surface area contributed by atoms with Crippen LogP contribution in [0.4, 0.5) is 0 Å². The van der Waals surface area contributed by atoms with Crippen molar-refractivity contribution in [2.24, 2.45) is 0 Å². The molecule has 0 spiro atoms. The van der Waals surface area contributed by atoms with Gasteiger partial charge in [-0.15, -0.1) is 0 Å². The monoisotopic (exact) mass is 202 g/mol. The molecule has 0 aromatic carbocycles. The predicted molar refractivity (Wildman–Crippen MR) is 55.5 cm³/mol. The summed E-state index contributed by atoms with van der Waals surface area (Å²) < 4.78 is 2.29. The van der Waals surface area contributed by atoms with Gasteiger partial charge in [-0.2, -0.15) is 5.26 Å². The third-order valence-corrected chi connectivity index (χ3v) is 3.40. The number of nitrogens with one attached hydrogen (secondary N) is 1. The van der Waals surface area contributed by atoms with E-state index >= 15 is 0 Å². The third-order valence-electron chi connectivity index (χ3n) is 3.40. The minimum absolute atomic E-state index is 0.531. The lowest BCUT2D eigenvalue weighted by molar-refractivity contribution is 0.400. The molecule has 0 bridgehead atoms. The molecular weight excluding hydrogens is 188 g/mol. The Bertz CT molecular complexity index is 423. The number of rotatable bonds is 1. The Kier molecular flexibility index (Phi) is 2.00. The molecule has 1 saturated heterocycles. The Morgan fingerprint density at radius 3 is 2.93 bits per heavy atom. The molecule has 0 saturated carbocycles. The fourth-order valence-electron chi connectivity index (χ4n) is 2.44. The third kappa shape index (κ3) is 1.27. The number of nitriles is 1. The molecular formula is C11H14N4. The SMILES string of the molecule is N#Cc1nc(C2CNC2)n2c1CCCC2. The quantitative estimate of drug-likeness (QED) is 0.732. The molecule has 0 atom stereocenters. The number of aromatic nitrogens is 2. The van der Waals surface area contributed by atoms with Crippen LogP contribution >= 0.6 is 0 Å². The van der Waals surface area contributed by atoms with Crippen molar-refractivity contribution in [3.8, 4) is 6.07 Å². The van der Waals surface area contributed by atoms with Gasteiger partial charge in [0, 0.05) is 25.6 Å². The van der Waals surface area contributed by atoms with E-state index in [9.17, 15) is 0 Å². The first-order valence-corrected chi connectivity index (χ1v) is 5.60. The average molecular weight is 202 g/mol. The molecule has 1 aromatic rings. The first-order chi connectivity index (χ1) is 7.40. The van der Waals surface area contributed by atoms with Crippen LogP contribution in [0.3, 0.4) is 0 Å². The van der Waals surface area contributed by atoms with E-state index in [0.717, 1.165) is 31.9 Å². The molecule has 3 rings (SSSR count). The summed E-state index contributed by atoms with van der Waals surface area (Å²) in [5.41, 5.74) is 1.84. The minimum atomic E-state index is 0.531. The number of imidazole rings is 1. The fraction of sp³-hybridized carbons (Fsp3) is 0.636. The Labute approximate surface area is 88.9 Å². The van der Waals surface area contributed by atoms with E-state index in [1.807, 2.05) is 0 Å². The van der Waals surface area contributed by atoms with Crippen molar-refractivity contribution in [2.45, 2.75) is 31.7 Å². The molecule has 2 aliphatic rings. The van der Waals surface area contributed by atoms with E-state index in [1.54, 1.807) is 0 Å². The second-order valence-corrected chi connectivity index (χ2v) is 4.34. The maximum Gasteiger partial charge on any atom is 0.161 e. The minimum Gasteiger partial charge on any atom is -0.330 e. The van der Waals surface area contributed by atoms with Gasteiger partial charge < -0.3 is 9.88 Å². The molecule has 0 aliphatic carbocycles. The molecule has 4 nitrogen and oxygen atoms in total. The van der Waals surface area contributed by atoms with Gasteiger partial charge in [0.25, 0.3) is 0 Å². The molecule has 15 heavy (non-hydrogen) atoms. The van der Waals surface area contributed by atoms with Gasteiger partial charge in [-0.1, -0.05) is 0 Å². The van der Waals surface area contributed by atoms with Gasteiger partial charge in [0.15, 0.2) is 5.69 Å². The predicted octanol–water partition coefficient (Wildman–Crippen LogP) is 0.778. The van der Waals surface area contributed by atoms with Crippen LogP contribution in [0.2, 0.25) is 0 Å². The zero-order valence-corrected chi connectivity index (χ0v) is 8.66. The molecule has 1 N–H and O–H groups in total. The lowest BCUT2D eigenvalue weighted by Crippen LogP contribution is -2.41. The summed E-state index contributed by atoms with van der Waals surface area (Å²) in [5.74, 6) is 1.67. The van der Waals surface area contributed by atoms with Crippen molar-refractivity contribution in [3.63, 3.8) is 0 Å². The van der Waals surface area contributed by atoms with Gasteiger partial charge >= 0.3 is 0 Å². The van der Waals surface area contributed by atoms with Gasteiger partial charge in [-0.3, -0.25) is 0 Å². The van der Waals surface area contributed by atoms with Crippen LogP contribution in [0.15, 0.2) is 0 Å². The number of fused-ring (bicyclic) bond motifs is 1. The fourth-order valence-corrected chi connectivity index (χ4v) is 2.44. The summed E-state index contributed by atoms with van der Waals surface area (Å²) in [5, 5.41) is 12.3. The Balaban J connectivity index is 2.06. The second-order valence-electron chi connectivity index (χ2n) is 4.34. The van der Waals surface area contributed by atoms with Gasteiger partial charge in [-0.25, -0.2) is 4.98 Å². The lowest BCUT2D eigenvalue weighted by atomic mass is 10.0. The van der Waals surface area contributed by atoms with Crippen LogP contribution in [-0.2, 0) is 13.0 Å². The maximum absolute atomic E-state index is 9.04. The highest BCUT2D eigenvalue weighted by molar-refractivity contribution is 5.31. The van der Waals surface area contributed by atoms with Crippen LogP contribution in [-0.4, -0.2) is 22.6 Å². The van der Waals surface area contributed by atoms with Gasteiger partial charge in [0.05, 0.1) is 5.69 Å². The summed E-state index contributed by atoms with van der Waals surface area (Å²) in [6, 6.07) is 2.23. The topological polar surface area (TPSA) is 53.6 Å². The average Bonchev–Trinajstić information content (AvgIpc) is 2.55. The van der Waals surface area contributed by atoms with Gasteiger partial charge in [-0.05, 0) is 19.3 Å². The highest BCUT2D eigenvalue weighted by Crippen LogP contribution is 2.26. The standard InChI is InChI=1S/C11H14N4/c12-5-9-10-3-1-2-4-15(10)11(14-9)8-6-13-7-8/h8,13H,1-4,6-7H2. The van der Waals surface area contributed by atoms with Crippen LogP contribution < -0.4 is 5.32 Å². The smallest absolute Gasteiger partial charge is 0.161 e. The number of hydrogen-bond acceptors (Lipinski definition) is 3. The van der Waals surface area contributed by atoms with Gasteiger partial charge in [0.1, 0.15) is 11.9 Å². The summed E-state index contributed by atoms with van der Waals surface area (Å²) in [4.78, 5) is 4.49. The van der Waals surface area contributed by atoms with E-state index in [0.29, 0.717) is 11.6 Å². The molecule has 3 heterocycles. The van der Waals surface area contributed by atoms with Crippen LogP contribution in [0, 0.1) is 11.3 Å². The Morgan fingerprint density at radius 2 is 2.27 bits per heavy atom. The Morgan fingerprint density at radius 1 is 1.40 bits per heavy atom. The zero-order valence-electron chi connectivity index (χ0n) is 8.66. The molecule has 0 unspecified atom stereocenters. The number of nitrogens with zero attached hydrogens (tertiary/aromatic N) is 3. The van der Waals surface area contributed by atoms with Gasteiger partial charge in [0.2, 0.25) is 0 Å². The van der Waals surface area contributed by atoms with Crippen molar-refractivity contribution in [1.29, 1.82) is 5.26 Å². The van der Waals surface area contributed by atoms with E-state index in [2.05, 4.69) is 20.9 Å². The van der Waals surface area contributed by atoms with Crippen molar-refractivity contribution in [1.82, 2.24) is 14.9 Å². The van der Waals surface area contributed by atoms with Crippen molar-refractivity contribution in [2.75, 3.05) is 13.1 Å². The molecule has 1 fully saturated rings. The molecule has 4 heteroatoms. The van der Waals surface area contributed by atoms with Crippen LogP contribution in [0.5, 0.6) is 0 Å². The summed E-state index contributed by atoms with van der Waals surface area (Å²) in [6.45, 7) is 3.08. The normalized spacial score (nSPS) is 20.5. The van der Waals surface area contributed by atoms with Crippen molar-refractivity contribution >= 4 is 0 Å². The molecule has 0 radical (unpaired) electrons. The maximum atomic E-state index is 9.04. The van der Waals surface area contributed by atoms with E-state index in [-0.39, 0.29) is 0 Å². The Hall–Kier alpha value is -1.34. The van der Waals surface area contributed by atoms with E-state index < -0.39 is 0 Å². The summed E-state index contributed by atoms with van der Waals surface area (Å²) in [6.07, 6.45) is 3.44. The molecule has 1 aromatic heterocycles. The van der Waals surface area contributed by atoms with E-state index in [1.165, 1.54) is 18.5 Å². The largest absolute Gasteiger partial charge is 0.330 e. The van der Waals surface area contributed by atoms with Crippen LogP contribution in [0.1, 0.15) is 36.0 Å². The number of hydrogen-bond donors (Lipinski definition) is 1. The molecule has 2 aliphatic heterocycles. The van der Waals surface area contributed by atoms with E-state index in [4.69, 9.17) is 5.26 Å². The zero-order chi connectivity index (χ0) is 10.3. The summed E-state index contributed by atoms with van der Waals surface area (Å²) >= 11 is 0. The van der Waals surface area contributed by atoms with Crippen molar-refractivity contribution < 1.29 is 0 Å². The first-order valence-electron chi connectivity index (χ1n) is 5.60. The summed E-state index contributed by atoms with van der Waals surface area (Å²) in [7, 11) is 0. The lowest BCUT2D eigenvalue weighted by Gasteiger charge is -2.28. The second kappa shape index (κ2) is 3.35. The molecule has 78 valence electrons. The van der Waals surface area contributed by atoms with Crippen molar-refractivity contribution in [3.05, 3.63) is 17.2 Å². The van der Waals surface area contributed by atoms with Crippen LogP contribution in [0.25, 0.3) is 0 Å². The highest BCUT2D eigenvalue weighted by atomic mass is 15.1.